The molecule has 4 nitrogen and oxygen atoms in total. The lowest BCUT2D eigenvalue weighted by atomic mass is 9.82. The van der Waals surface area contributed by atoms with Crippen molar-refractivity contribution in [2.45, 2.75) is 27.7 Å². The zero-order chi connectivity index (χ0) is 13.9. The van der Waals surface area contributed by atoms with Crippen LogP contribution < -0.4 is 11.1 Å². The van der Waals surface area contributed by atoms with Gasteiger partial charge < -0.3 is 11.1 Å². The number of nitrogen functional groups attached to an aromatic ring is 1. The first-order valence-corrected chi connectivity index (χ1v) is 5.91. The van der Waals surface area contributed by atoms with Gasteiger partial charge >= 0.3 is 0 Å². The van der Waals surface area contributed by atoms with Crippen LogP contribution in [0.15, 0.2) is 12.3 Å². The number of hydrogen-bond donors (Lipinski definition) is 2. The Hall–Kier alpha value is -1.65. The second-order valence-electron chi connectivity index (χ2n) is 5.53. The fraction of sp³-hybridized carbons (Fsp3) is 0.538. The molecule has 0 aliphatic rings. The van der Waals surface area contributed by atoms with Crippen LogP contribution in [0.25, 0.3) is 0 Å². The summed E-state index contributed by atoms with van der Waals surface area (Å²) in [4.78, 5) is 15.4. The Bertz CT molecular complexity index is 440. The molecule has 1 aromatic rings. The number of pyridine rings is 1. The number of aromatic nitrogens is 1. The van der Waals surface area contributed by atoms with Crippen LogP contribution in [-0.2, 0) is 0 Å². The maximum atomic E-state index is 13.6. The van der Waals surface area contributed by atoms with E-state index in [0.717, 1.165) is 0 Å². The van der Waals surface area contributed by atoms with Crippen molar-refractivity contribution < 1.29 is 9.18 Å². The molecule has 5 heteroatoms. The van der Waals surface area contributed by atoms with Crippen molar-refractivity contribution in [3.05, 3.63) is 23.6 Å². The molecule has 0 saturated heterocycles. The van der Waals surface area contributed by atoms with E-state index < -0.39 is 11.7 Å². The molecule has 0 aromatic carbocycles. The first kappa shape index (κ1) is 14.4. The second-order valence-corrected chi connectivity index (χ2v) is 5.53. The van der Waals surface area contributed by atoms with Crippen molar-refractivity contribution in [2.24, 2.45) is 11.3 Å². The van der Waals surface area contributed by atoms with Crippen LogP contribution in [0.2, 0.25) is 0 Å². The SMILES string of the molecule is CC(CNC(=O)c1ccnc(N)c1F)C(C)(C)C. The smallest absolute Gasteiger partial charge is 0.254 e. The number of nitrogens with zero attached hydrogens (tertiary/aromatic N) is 1. The van der Waals surface area contributed by atoms with E-state index in [4.69, 9.17) is 5.73 Å². The van der Waals surface area contributed by atoms with Gasteiger partial charge in [0.15, 0.2) is 11.6 Å². The van der Waals surface area contributed by atoms with Gasteiger partial charge in [-0.3, -0.25) is 4.79 Å². The third-order valence-electron chi connectivity index (χ3n) is 3.21. The highest BCUT2D eigenvalue weighted by molar-refractivity contribution is 5.95. The van der Waals surface area contributed by atoms with Crippen LogP contribution >= 0.6 is 0 Å². The van der Waals surface area contributed by atoms with Gasteiger partial charge in [0.05, 0.1) is 5.56 Å². The van der Waals surface area contributed by atoms with E-state index in [2.05, 4.69) is 31.1 Å². The molecule has 100 valence electrons. The summed E-state index contributed by atoms with van der Waals surface area (Å²) in [5.74, 6) is -1.20. The molecule has 3 N–H and O–H groups in total. The molecule has 0 aliphatic carbocycles. The van der Waals surface area contributed by atoms with E-state index >= 15 is 0 Å². The average Bonchev–Trinajstić information content (AvgIpc) is 2.27. The van der Waals surface area contributed by atoms with Gasteiger partial charge in [0.25, 0.3) is 5.91 Å². The Labute approximate surface area is 107 Å². The lowest BCUT2D eigenvalue weighted by Crippen LogP contribution is -2.34. The first-order chi connectivity index (χ1) is 8.23. The predicted molar refractivity (Wildman–Crippen MR) is 69.6 cm³/mol. The summed E-state index contributed by atoms with van der Waals surface area (Å²) in [5, 5.41) is 2.71. The van der Waals surface area contributed by atoms with Crippen molar-refractivity contribution >= 4 is 11.7 Å². The van der Waals surface area contributed by atoms with Crippen LogP contribution in [0.5, 0.6) is 0 Å². The summed E-state index contributed by atoms with van der Waals surface area (Å²) in [7, 11) is 0. The summed E-state index contributed by atoms with van der Waals surface area (Å²) in [6, 6.07) is 1.32. The standard InChI is InChI=1S/C13H20FN3O/c1-8(13(2,3)4)7-17-12(18)9-5-6-16-11(15)10(9)14/h5-6,8H,7H2,1-4H3,(H2,15,16)(H,17,18). The number of amides is 1. The highest BCUT2D eigenvalue weighted by Crippen LogP contribution is 2.24. The summed E-state index contributed by atoms with van der Waals surface area (Å²) in [6.07, 6.45) is 1.32. The minimum Gasteiger partial charge on any atom is -0.381 e. The number of carbonyl (C=O) groups excluding carboxylic acids is 1. The molecule has 1 heterocycles. The Kier molecular flexibility index (Phi) is 4.27. The van der Waals surface area contributed by atoms with E-state index in [-0.39, 0.29) is 22.7 Å². The normalized spacial score (nSPS) is 13.2. The lowest BCUT2D eigenvalue weighted by Gasteiger charge is -2.27. The summed E-state index contributed by atoms with van der Waals surface area (Å²) in [5.41, 5.74) is 5.34. The Balaban J connectivity index is 2.70. The van der Waals surface area contributed by atoms with Crippen molar-refractivity contribution in [3.63, 3.8) is 0 Å². The van der Waals surface area contributed by atoms with Gasteiger partial charge in [-0.15, -0.1) is 0 Å². The molecule has 0 radical (unpaired) electrons. The molecule has 0 fully saturated rings. The summed E-state index contributed by atoms with van der Waals surface area (Å²) < 4.78 is 13.6. The van der Waals surface area contributed by atoms with Crippen LogP contribution in [0.3, 0.4) is 0 Å². The summed E-state index contributed by atoms with van der Waals surface area (Å²) >= 11 is 0. The highest BCUT2D eigenvalue weighted by atomic mass is 19.1. The molecule has 0 spiro atoms. The quantitative estimate of drug-likeness (QED) is 0.867. The van der Waals surface area contributed by atoms with Gasteiger partial charge in [-0.25, -0.2) is 9.37 Å². The highest BCUT2D eigenvalue weighted by Gasteiger charge is 2.21. The zero-order valence-corrected chi connectivity index (χ0v) is 11.2. The minimum absolute atomic E-state index is 0.0661. The number of nitrogens with one attached hydrogen (secondary N) is 1. The molecule has 1 aromatic heterocycles. The molecule has 0 saturated carbocycles. The van der Waals surface area contributed by atoms with Crippen molar-refractivity contribution in [1.29, 1.82) is 0 Å². The topological polar surface area (TPSA) is 68.0 Å². The number of anilines is 1. The number of hydrogen-bond acceptors (Lipinski definition) is 3. The van der Waals surface area contributed by atoms with E-state index in [1.54, 1.807) is 0 Å². The maximum absolute atomic E-state index is 13.6. The van der Waals surface area contributed by atoms with Gasteiger partial charge in [0.1, 0.15) is 0 Å². The maximum Gasteiger partial charge on any atom is 0.254 e. The predicted octanol–water partition coefficient (Wildman–Crippen LogP) is 2.21. The second kappa shape index (κ2) is 5.33. The van der Waals surface area contributed by atoms with Gasteiger partial charge in [-0.2, -0.15) is 0 Å². The molecule has 0 bridgehead atoms. The number of rotatable bonds is 3. The van der Waals surface area contributed by atoms with Gasteiger partial charge in [0, 0.05) is 12.7 Å². The van der Waals surface area contributed by atoms with Crippen LogP contribution in [0.1, 0.15) is 38.1 Å². The molecule has 0 aliphatic heterocycles. The van der Waals surface area contributed by atoms with Gasteiger partial charge in [0.2, 0.25) is 0 Å². The number of nitrogens with two attached hydrogens (primary N) is 1. The Morgan fingerprint density at radius 1 is 1.56 bits per heavy atom. The van der Waals surface area contributed by atoms with E-state index in [9.17, 15) is 9.18 Å². The molecule has 1 amide bonds. The van der Waals surface area contributed by atoms with E-state index in [0.29, 0.717) is 6.54 Å². The fourth-order valence-corrected chi connectivity index (χ4v) is 1.28. The lowest BCUT2D eigenvalue weighted by molar-refractivity contribution is 0.0933. The molecule has 1 atom stereocenters. The van der Waals surface area contributed by atoms with Crippen molar-refractivity contribution in [3.8, 4) is 0 Å². The van der Waals surface area contributed by atoms with E-state index in [1.807, 2.05) is 6.92 Å². The van der Waals surface area contributed by atoms with Crippen LogP contribution in [0, 0.1) is 17.2 Å². The van der Waals surface area contributed by atoms with E-state index in [1.165, 1.54) is 12.3 Å². The van der Waals surface area contributed by atoms with Crippen LogP contribution in [-0.4, -0.2) is 17.4 Å². The molecular weight excluding hydrogens is 233 g/mol. The third-order valence-corrected chi connectivity index (χ3v) is 3.21. The van der Waals surface area contributed by atoms with Gasteiger partial charge in [-0.05, 0) is 17.4 Å². The molecular formula is C13H20FN3O. The average molecular weight is 253 g/mol. The third kappa shape index (κ3) is 3.42. The number of carbonyl (C=O) groups is 1. The summed E-state index contributed by atoms with van der Waals surface area (Å²) in [6.45, 7) is 8.81. The van der Waals surface area contributed by atoms with Crippen LogP contribution in [0.4, 0.5) is 10.2 Å². The van der Waals surface area contributed by atoms with Crippen molar-refractivity contribution in [1.82, 2.24) is 10.3 Å². The minimum atomic E-state index is -0.765. The Morgan fingerprint density at radius 2 is 2.17 bits per heavy atom. The van der Waals surface area contributed by atoms with Crippen molar-refractivity contribution in [2.75, 3.05) is 12.3 Å². The largest absolute Gasteiger partial charge is 0.381 e. The van der Waals surface area contributed by atoms with Gasteiger partial charge in [-0.1, -0.05) is 27.7 Å². The monoisotopic (exact) mass is 253 g/mol. The Morgan fingerprint density at radius 3 is 2.72 bits per heavy atom. The molecule has 1 unspecified atom stereocenters. The molecule has 1 rings (SSSR count). The fourth-order valence-electron chi connectivity index (χ4n) is 1.28. The number of halogens is 1. The zero-order valence-electron chi connectivity index (χ0n) is 11.2. The first-order valence-electron chi connectivity index (χ1n) is 5.91. The molecule has 18 heavy (non-hydrogen) atoms.